The molecule has 1 aromatic carbocycles. The van der Waals surface area contributed by atoms with E-state index in [1.54, 1.807) is 0 Å². The molecule has 0 saturated carbocycles. The van der Waals surface area contributed by atoms with E-state index in [4.69, 9.17) is 9.11 Å². The van der Waals surface area contributed by atoms with Gasteiger partial charge in [-0.25, -0.2) is 0 Å². The van der Waals surface area contributed by atoms with Gasteiger partial charge in [0.25, 0.3) is 20.2 Å². The van der Waals surface area contributed by atoms with Gasteiger partial charge in [-0.2, -0.15) is 16.8 Å². The number of hydrogen-bond donors (Lipinski definition) is 2. The van der Waals surface area contributed by atoms with E-state index < -0.39 is 35.6 Å². The monoisotopic (exact) mass is 290 g/mol. The molecule has 98 valence electrons. The summed E-state index contributed by atoms with van der Waals surface area (Å²) in [5.41, 5.74) is -0.286. The summed E-state index contributed by atoms with van der Waals surface area (Å²) in [4.78, 5) is -1.33. The highest BCUT2D eigenvalue weighted by Gasteiger charge is 2.23. The Labute approximate surface area is 105 Å². The lowest BCUT2D eigenvalue weighted by atomic mass is 10.1. The third kappa shape index (κ3) is 2.85. The summed E-state index contributed by atoms with van der Waals surface area (Å²) in [7, 11) is -9.31. The quantitative estimate of drug-likeness (QED) is 0.813. The fraction of sp³-hybridized carbons (Fsp3) is 0. The van der Waals surface area contributed by atoms with Gasteiger partial charge in [0.1, 0.15) is 9.79 Å². The van der Waals surface area contributed by atoms with Crippen molar-refractivity contribution < 1.29 is 25.9 Å². The Bertz CT molecular complexity index is 660. The largest absolute Gasteiger partial charge is 0.295 e. The lowest BCUT2D eigenvalue weighted by Crippen LogP contribution is -2.08. The summed E-state index contributed by atoms with van der Waals surface area (Å²) in [5.74, 6) is 0. The number of rotatable bonds is 4. The molecule has 0 aliphatic carbocycles. The summed E-state index contributed by atoms with van der Waals surface area (Å²) in [6, 6.07) is 2.04. The van der Waals surface area contributed by atoms with E-state index in [1.165, 1.54) is 6.08 Å². The maximum atomic E-state index is 11.2. The summed E-state index contributed by atoms with van der Waals surface area (Å²) in [6.45, 7) is 6.61. The second kappa shape index (κ2) is 4.65. The minimum absolute atomic E-state index is 0.112. The Balaban J connectivity index is 3.96. The molecule has 8 heteroatoms. The lowest BCUT2D eigenvalue weighted by molar-refractivity contribution is 0.480. The SMILES string of the molecule is C=Cc1cc(S(=O)(=O)O)c(C=C)c(S(=O)(=O)O)c1. The first-order valence-electron chi connectivity index (χ1n) is 4.49. The van der Waals surface area contributed by atoms with E-state index in [0.717, 1.165) is 18.2 Å². The highest BCUT2D eigenvalue weighted by Crippen LogP contribution is 2.27. The van der Waals surface area contributed by atoms with Crippen LogP contribution in [-0.2, 0) is 20.2 Å². The molecule has 0 saturated heterocycles. The summed E-state index contributed by atoms with van der Waals surface area (Å²) < 4.78 is 62.7. The number of benzene rings is 1. The van der Waals surface area contributed by atoms with Gasteiger partial charge in [0.15, 0.2) is 0 Å². The van der Waals surface area contributed by atoms with Crippen LogP contribution in [0.1, 0.15) is 11.1 Å². The Morgan fingerprint density at radius 2 is 1.28 bits per heavy atom. The first-order valence-corrected chi connectivity index (χ1v) is 7.37. The van der Waals surface area contributed by atoms with Crippen LogP contribution in [0.5, 0.6) is 0 Å². The molecular weight excluding hydrogens is 280 g/mol. The lowest BCUT2D eigenvalue weighted by Gasteiger charge is -2.09. The van der Waals surface area contributed by atoms with Gasteiger partial charge < -0.3 is 0 Å². The molecule has 6 nitrogen and oxygen atoms in total. The Hall–Kier alpha value is -1.48. The second-order valence-corrected chi connectivity index (χ2v) is 6.07. The van der Waals surface area contributed by atoms with Crippen molar-refractivity contribution in [2.45, 2.75) is 9.79 Å². The average molecular weight is 290 g/mol. The molecule has 1 rings (SSSR count). The van der Waals surface area contributed by atoms with E-state index in [2.05, 4.69) is 13.2 Å². The van der Waals surface area contributed by atoms with Crippen LogP contribution >= 0.6 is 0 Å². The van der Waals surface area contributed by atoms with E-state index in [0.29, 0.717) is 0 Å². The maximum Gasteiger partial charge on any atom is 0.295 e. The van der Waals surface area contributed by atoms with Gasteiger partial charge in [0.05, 0.1) is 0 Å². The van der Waals surface area contributed by atoms with Crippen LogP contribution in [0, 0.1) is 0 Å². The average Bonchev–Trinajstić information content (AvgIpc) is 2.24. The maximum absolute atomic E-state index is 11.2. The molecule has 0 aliphatic heterocycles. The third-order valence-corrected chi connectivity index (χ3v) is 3.91. The van der Waals surface area contributed by atoms with E-state index in [9.17, 15) is 16.8 Å². The minimum atomic E-state index is -4.66. The topological polar surface area (TPSA) is 109 Å². The van der Waals surface area contributed by atoms with Crippen molar-refractivity contribution in [3.63, 3.8) is 0 Å². The van der Waals surface area contributed by atoms with Crippen molar-refractivity contribution in [1.29, 1.82) is 0 Å². The van der Waals surface area contributed by atoms with Gasteiger partial charge in [-0.3, -0.25) is 9.11 Å². The van der Waals surface area contributed by atoms with Crippen LogP contribution in [0.4, 0.5) is 0 Å². The van der Waals surface area contributed by atoms with Crippen LogP contribution in [0.15, 0.2) is 35.1 Å². The zero-order valence-electron chi connectivity index (χ0n) is 9.07. The van der Waals surface area contributed by atoms with Crippen molar-refractivity contribution >= 4 is 32.4 Å². The Kier molecular flexibility index (Phi) is 3.77. The van der Waals surface area contributed by atoms with Crippen molar-refractivity contribution in [2.24, 2.45) is 0 Å². The molecule has 0 heterocycles. The molecule has 0 bridgehead atoms. The smallest absolute Gasteiger partial charge is 0.282 e. The molecule has 0 radical (unpaired) electrons. The summed E-state index contributed by atoms with van der Waals surface area (Å²) >= 11 is 0. The normalized spacial score (nSPS) is 12.1. The van der Waals surface area contributed by atoms with E-state index in [-0.39, 0.29) is 5.56 Å². The number of hydrogen-bond acceptors (Lipinski definition) is 4. The summed E-state index contributed by atoms with van der Waals surface area (Å²) in [6.07, 6.45) is 2.09. The predicted molar refractivity (Wildman–Crippen MR) is 66.3 cm³/mol. The van der Waals surface area contributed by atoms with Crippen LogP contribution < -0.4 is 0 Å². The zero-order valence-corrected chi connectivity index (χ0v) is 10.7. The second-order valence-electron chi connectivity index (χ2n) is 3.29. The molecule has 0 spiro atoms. The Morgan fingerprint density at radius 3 is 1.50 bits per heavy atom. The summed E-state index contributed by atoms with van der Waals surface area (Å²) in [5, 5.41) is 0. The van der Waals surface area contributed by atoms with Crippen molar-refractivity contribution in [3.8, 4) is 0 Å². The molecule has 0 aromatic heterocycles. The van der Waals surface area contributed by atoms with Gasteiger partial charge in [0.2, 0.25) is 0 Å². The zero-order chi connectivity index (χ0) is 14.1. The molecule has 0 atom stereocenters. The van der Waals surface area contributed by atoms with Crippen molar-refractivity contribution in [1.82, 2.24) is 0 Å². The van der Waals surface area contributed by atoms with Crippen molar-refractivity contribution in [2.75, 3.05) is 0 Å². The molecule has 0 fully saturated rings. The predicted octanol–water partition coefficient (Wildman–Crippen LogP) is 1.47. The standard InChI is InChI=1S/C10H10O6S2/c1-3-7-5-9(17(11,12)13)8(4-2)10(6-7)18(14,15)16/h3-6H,1-2H2,(H,11,12,13)(H,14,15,16). The van der Waals surface area contributed by atoms with Gasteiger partial charge in [0, 0.05) is 5.56 Å². The third-order valence-electron chi connectivity index (χ3n) is 2.12. The van der Waals surface area contributed by atoms with Crippen LogP contribution in [0.2, 0.25) is 0 Å². The minimum Gasteiger partial charge on any atom is -0.282 e. The molecule has 0 aliphatic rings. The van der Waals surface area contributed by atoms with Crippen LogP contribution in [-0.4, -0.2) is 25.9 Å². The Morgan fingerprint density at radius 1 is 0.889 bits per heavy atom. The fourth-order valence-corrected chi connectivity index (χ4v) is 2.94. The molecule has 2 N–H and O–H groups in total. The molecule has 1 aromatic rings. The highest BCUT2D eigenvalue weighted by molar-refractivity contribution is 7.86. The fourth-order valence-electron chi connectivity index (χ4n) is 1.37. The molecule has 0 unspecified atom stereocenters. The molecule has 18 heavy (non-hydrogen) atoms. The molecule has 0 amide bonds. The first kappa shape index (κ1) is 14.6. The van der Waals surface area contributed by atoms with Gasteiger partial charge in [-0.15, -0.1) is 0 Å². The van der Waals surface area contributed by atoms with E-state index in [1.807, 2.05) is 0 Å². The van der Waals surface area contributed by atoms with Gasteiger partial charge >= 0.3 is 0 Å². The first-order chi connectivity index (χ1) is 8.11. The highest BCUT2D eigenvalue weighted by atomic mass is 32.2. The van der Waals surface area contributed by atoms with Gasteiger partial charge in [-0.1, -0.05) is 25.3 Å². The van der Waals surface area contributed by atoms with Crippen molar-refractivity contribution in [3.05, 3.63) is 36.4 Å². The van der Waals surface area contributed by atoms with Gasteiger partial charge in [-0.05, 0) is 17.7 Å². The van der Waals surface area contributed by atoms with Crippen LogP contribution in [0.25, 0.3) is 12.2 Å². The van der Waals surface area contributed by atoms with Crippen LogP contribution in [0.3, 0.4) is 0 Å². The van der Waals surface area contributed by atoms with E-state index >= 15 is 0 Å². The molecular formula is C10H10O6S2.